The first kappa shape index (κ1) is 15.4. The average molecular weight is 306 g/mol. The summed E-state index contributed by atoms with van der Waals surface area (Å²) in [5, 5.41) is 0.866. The molecule has 2 atom stereocenters. The number of nitrogens with two attached hydrogens (primary N) is 1. The Hall–Kier alpha value is -0.530. The van der Waals surface area contributed by atoms with Crippen LogP contribution in [0.2, 0.25) is 5.02 Å². The SMILES string of the molecule is Cc1ccc(C2(N)CCCCC2C2CCCCC2)cc1Cl. The van der Waals surface area contributed by atoms with Crippen molar-refractivity contribution in [3.05, 3.63) is 34.3 Å². The Morgan fingerprint density at radius 1 is 1.05 bits per heavy atom. The topological polar surface area (TPSA) is 26.0 Å². The van der Waals surface area contributed by atoms with Gasteiger partial charge in [-0.25, -0.2) is 0 Å². The lowest BCUT2D eigenvalue weighted by atomic mass is 9.62. The Balaban J connectivity index is 1.91. The van der Waals surface area contributed by atoms with Crippen molar-refractivity contribution < 1.29 is 0 Å². The van der Waals surface area contributed by atoms with E-state index in [0.717, 1.165) is 22.9 Å². The predicted molar refractivity (Wildman–Crippen MR) is 90.6 cm³/mol. The van der Waals surface area contributed by atoms with Gasteiger partial charge in [0, 0.05) is 10.6 Å². The van der Waals surface area contributed by atoms with Crippen LogP contribution in [-0.4, -0.2) is 0 Å². The van der Waals surface area contributed by atoms with E-state index in [4.69, 9.17) is 17.3 Å². The van der Waals surface area contributed by atoms with Gasteiger partial charge in [-0.15, -0.1) is 0 Å². The van der Waals surface area contributed by atoms with Gasteiger partial charge in [0.05, 0.1) is 0 Å². The van der Waals surface area contributed by atoms with E-state index in [2.05, 4.69) is 25.1 Å². The molecule has 0 bridgehead atoms. The third-order valence-corrected chi connectivity index (χ3v) is 6.35. The summed E-state index contributed by atoms with van der Waals surface area (Å²) in [6.45, 7) is 2.06. The molecule has 1 aromatic rings. The Morgan fingerprint density at radius 2 is 1.76 bits per heavy atom. The maximum atomic E-state index is 7.02. The van der Waals surface area contributed by atoms with Crippen LogP contribution in [0.4, 0.5) is 0 Å². The molecule has 0 heterocycles. The van der Waals surface area contributed by atoms with Gasteiger partial charge in [-0.2, -0.15) is 0 Å². The Bertz CT molecular complexity index is 492. The van der Waals surface area contributed by atoms with Crippen LogP contribution in [0.25, 0.3) is 0 Å². The summed E-state index contributed by atoms with van der Waals surface area (Å²) in [7, 11) is 0. The highest BCUT2D eigenvalue weighted by Gasteiger charge is 2.42. The molecule has 2 fully saturated rings. The van der Waals surface area contributed by atoms with E-state index in [9.17, 15) is 0 Å². The maximum absolute atomic E-state index is 7.02. The molecule has 0 aliphatic heterocycles. The molecule has 0 saturated heterocycles. The highest BCUT2D eigenvalue weighted by molar-refractivity contribution is 6.31. The Labute approximate surface area is 134 Å². The van der Waals surface area contributed by atoms with Gasteiger partial charge < -0.3 is 5.73 Å². The van der Waals surface area contributed by atoms with Crippen LogP contribution in [-0.2, 0) is 5.54 Å². The second kappa shape index (κ2) is 6.30. The van der Waals surface area contributed by atoms with Gasteiger partial charge >= 0.3 is 0 Å². The maximum Gasteiger partial charge on any atom is 0.0441 e. The third-order valence-electron chi connectivity index (χ3n) is 5.95. The molecule has 0 amide bonds. The quantitative estimate of drug-likeness (QED) is 0.759. The van der Waals surface area contributed by atoms with E-state index in [-0.39, 0.29) is 5.54 Å². The van der Waals surface area contributed by atoms with Gasteiger partial charge in [0.2, 0.25) is 0 Å². The molecular weight excluding hydrogens is 278 g/mol. The van der Waals surface area contributed by atoms with Crippen LogP contribution >= 0.6 is 11.6 Å². The second-order valence-corrected chi connectivity index (χ2v) is 7.66. The fraction of sp³-hybridized carbons (Fsp3) is 0.684. The van der Waals surface area contributed by atoms with Crippen molar-refractivity contribution in [3.63, 3.8) is 0 Å². The van der Waals surface area contributed by atoms with E-state index in [0.29, 0.717) is 5.92 Å². The lowest BCUT2D eigenvalue weighted by Crippen LogP contribution is -2.49. The number of halogens is 1. The first-order valence-corrected chi connectivity index (χ1v) is 9.04. The molecule has 116 valence electrons. The van der Waals surface area contributed by atoms with Gasteiger partial charge in [-0.05, 0) is 48.8 Å². The van der Waals surface area contributed by atoms with Crippen molar-refractivity contribution in [3.8, 4) is 0 Å². The Kier molecular flexibility index (Phi) is 4.61. The molecular formula is C19H28ClN. The van der Waals surface area contributed by atoms with Crippen molar-refractivity contribution in [1.82, 2.24) is 0 Å². The highest BCUT2D eigenvalue weighted by atomic mass is 35.5. The molecule has 0 radical (unpaired) electrons. The number of benzene rings is 1. The van der Waals surface area contributed by atoms with Crippen molar-refractivity contribution in [1.29, 1.82) is 0 Å². The summed E-state index contributed by atoms with van der Waals surface area (Å²) in [5.74, 6) is 1.47. The van der Waals surface area contributed by atoms with Crippen LogP contribution in [0.1, 0.15) is 68.9 Å². The van der Waals surface area contributed by atoms with Crippen molar-refractivity contribution in [2.24, 2.45) is 17.6 Å². The summed E-state index contributed by atoms with van der Waals surface area (Å²) in [6, 6.07) is 6.50. The standard InChI is InChI=1S/C19H28ClN/c1-14-10-11-16(13-18(14)20)19(21)12-6-5-9-17(19)15-7-3-2-4-8-15/h10-11,13,15,17H,2-9,12,21H2,1H3. The van der Waals surface area contributed by atoms with Crippen LogP contribution in [0.3, 0.4) is 0 Å². The zero-order valence-electron chi connectivity index (χ0n) is 13.2. The lowest BCUT2D eigenvalue weighted by Gasteiger charge is -2.47. The van der Waals surface area contributed by atoms with Gasteiger partial charge in [0.25, 0.3) is 0 Å². The fourth-order valence-electron chi connectivity index (χ4n) is 4.66. The van der Waals surface area contributed by atoms with E-state index in [1.807, 2.05) is 0 Å². The van der Waals surface area contributed by atoms with Crippen LogP contribution in [0.15, 0.2) is 18.2 Å². The summed E-state index contributed by atoms with van der Waals surface area (Å²) in [5.41, 5.74) is 9.28. The minimum atomic E-state index is -0.155. The summed E-state index contributed by atoms with van der Waals surface area (Å²) in [4.78, 5) is 0. The molecule has 3 rings (SSSR count). The van der Waals surface area contributed by atoms with Gasteiger partial charge in [0.1, 0.15) is 0 Å². The number of aryl methyl sites for hydroxylation is 1. The molecule has 2 aliphatic rings. The molecule has 2 aliphatic carbocycles. The molecule has 0 spiro atoms. The first-order chi connectivity index (χ1) is 10.1. The highest BCUT2D eigenvalue weighted by Crippen LogP contribution is 2.47. The van der Waals surface area contributed by atoms with Gasteiger partial charge in [-0.1, -0.05) is 68.7 Å². The smallest absolute Gasteiger partial charge is 0.0441 e. The molecule has 21 heavy (non-hydrogen) atoms. The zero-order valence-corrected chi connectivity index (χ0v) is 14.0. The molecule has 2 unspecified atom stereocenters. The molecule has 1 nitrogen and oxygen atoms in total. The number of hydrogen-bond acceptors (Lipinski definition) is 1. The van der Waals surface area contributed by atoms with Crippen LogP contribution < -0.4 is 5.73 Å². The van der Waals surface area contributed by atoms with Crippen LogP contribution in [0.5, 0.6) is 0 Å². The third kappa shape index (κ3) is 3.00. The van der Waals surface area contributed by atoms with E-state index >= 15 is 0 Å². The molecule has 0 aromatic heterocycles. The number of hydrogen-bond donors (Lipinski definition) is 1. The minimum absolute atomic E-state index is 0.155. The average Bonchev–Trinajstić information content (AvgIpc) is 2.51. The second-order valence-electron chi connectivity index (χ2n) is 7.25. The first-order valence-electron chi connectivity index (χ1n) is 8.67. The zero-order chi connectivity index (χ0) is 14.9. The van der Waals surface area contributed by atoms with E-state index in [1.54, 1.807) is 0 Å². The molecule has 2 heteroatoms. The fourth-order valence-corrected chi connectivity index (χ4v) is 4.84. The van der Waals surface area contributed by atoms with Gasteiger partial charge in [0.15, 0.2) is 0 Å². The van der Waals surface area contributed by atoms with Crippen LogP contribution in [0, 0.1) is 18.8 Å². The molecule has 2 N–H and O–H groups in total. The van der Waals surface area contributed by atoms with Gasteiger partial charge in [-0.3, -0.25) is 0 Å². The predicted octanol–water partition coefficient (Wildman–Crippen LogP) is 5.57. The summed E-state index contributed by atoms with van der Waals surface area (Å²) >= 11 is 6.37. The number of rotatable bonds is 2. The normalized spacial score (nSPS) is 31.3. The largest absolute Gasteiger partial charge is 0.321 e. The van der Waals surface area contributed by atoms with Crippen molar-refractivity contribution >= 4 is 11.6 Å². The van der Waals surface area contributed by atoms with E-state index < -0.39 is 0 Å². The Morgan fingerprint density at radius 3 is 2.48 bits per heavy atom. The summed E-state index contributed by atoms with van der Waals surface area (Å²) < 4.78 is 0. The van der Waals surface area contributed by atoms with Crippen molar-refractivity contribution in [2.75, 3.05) is 0 Å². The lowest BCUT2D eigenvalue weighted by molar-refractivity contribution is 0.0986. The summed E-state index contributed by atoms with van der Waals surface area (Å²) in [6.07, 6.45) is 12.0. The monoisotopic (exact) mass is 305 g/mol. The minimum Gasteiger partial charge on any atom is -0.321 e. The molecule has 1 aromatic carbocycles. The molecule has 2 saturated carbocycles. The van der Waals surface area contributed by atoms with E-state index in [1.165, 1.54) is 56.9 Å². The van der Waals surface area contributed by atoms with Crippen molar-refractivity contribution in [2.45, 2.75) is 70.3 Å².